The number of para-hydroxylation sites is 1. The number of hydrogen-bond donors (Lipinski definition) is 1. The van der Waals surface area contributed by atoms with Crippen LogP contribution in [0.25, 0.3) is 5.69 Å². The van der Waals surface area contributed by atoms with Gasteiger partial charge < -0.3 is 5.32 Å². The van der Waals surface area contributed by atoms with Gasteiger partial charge in [-0.1, -0.05) is 48.5 Å². The van der Waals surface area contributed by atoms with Crippen LogP contribution in [-0.4, -0.2) is 30.2 Å². The summed E-state index contributed by atoms with van der Waals surface area (Å²) in [6, 6.07) is 23.9. The number of carbonyl (C=O) groups is 1. The largest absolute Gasteiger partial charge is 0.325 e. The molecule has 1 aromatic heterocycles. The molecule has 0 unspecified atom stereocenters. The van der Waals surface area contributed by atoms with E-state index in [1.54, 1.807) is 79.3 Å². The molecule has 9 heteroatoms. The van der Waals surface area contributed by atoms with Gasteiger partial charge in [0.05, 0.1) is 16.3 Å². The number of nitrogens with zero attached hydrogens (tertiary/aromatic N) is 3. The molecule has 0 saturated heterocycles. The Kier molecular flexibility index (Phi) is 6.61. The third kappa shape index (κ3) is 4.76. The lowest BCUT2D eigenvalue weighted by molar-refractivity contribution is -0.114. The van der Waals surface area contributed by atoms with E-state index in [9.17, 15) is 18.0 Å². The third-order valence-electron chi connectivity index (χ3n) is 5.69. The number of benzene rings is 3. The maximum absolute atomic E-state index is 13.7. The molecule has 0 atom stereocenters. The van der Waals surface area contributed by atoms with Gasteiger partial charge in [-0.15, -0.1) is 0 Å². The van der Waals surface area contributed by atoms with Gasteiger partial charge in [0.15, 0.2) is 0 Å². The second-order valence-electron chi connectivity index (χ2n) is 8.15. The normalized spacial score (nSPS) is 11.3. The Labute approximate surface area is 204 Å². The van der Waals surface area contributed by atoms with Crippen molar-refractivity contribution < 1.29 is 13.2 Å². The van der Waals surface area contributed by atoms with Crippen LogP contribution >= 0.6 is 0 Å². The second kappa shape index (κ2) is 9.63. The summed E-state index contributed by atoms with van der Waals surface area (Å²) in [5.74, 6) is -0.566. The van der Waals surface area contributed by atoms with Gasteiger partial charge in [-0.3, -0.25) is 14.3 Å². The zero-order valence-electron chi connectivity index (χ0n) is 19.7. The van der Waals surface area contributed by atoms with Crippen LogP contribution in [-0.2, 0) is 21.9 Å². The number of hydrogen-bond acceptors (Lipinski definition) is 4. The second-order valence-corrected chi connectivity index (χ2v) is 10.0. The SMILES string of the molecule is Cc1cccc(NC(=O)CN(c2c(C)n(C)n(-c3ccccc3)c2=O)S(=O)(=O)c2ccccc2)c1. The van der Waals surface area contributed by atoms with Gasteiger partial charge in [0, 0.05) is 12.7 Å². The average Bonchev–Trinajstić information content (AvgIpc) is 3.06. The van der Waals surface area contributed by atoms with Crippen LogP contribution < -0.4 is 15.2 Å². The zero-order chi connectivity index (χ0) is 25.2. The predicted molar refractivity (Wildman–Crippen MR) is 137 cm³/mol. The minimum absolute atomic E-state index is 0.0164. The molecule has 4 rings (SSSR count). The molecule has 0 aliphatic rings. The van der Waals surface area contributed by atoms with E-state index in [4.69, 9.17) is 0 Å². The number of anilines is 2. The molecule has 1 N–H and O–H groups in total. The summed E-state index contributed by atoms with van der Waals surface area (Å²) >= 11 is 0. The maximum atomic E-state index is 13.7. The van der Waals surface area contributed by atoms with E-state index in [1.807, 2.05) is 19.1 Å². The summed E-state index contributed by atoms with van der Waals surface area (Å²) in [5, 5.41) is 2.74. The van der Waals surface area contributed by atoms with Gasteiger partial charge >= 0.3 is 0 Å². The lowest BCUT2D eigenvalue weighted by atomic mass is 10.2. The lowest BCUT2D eigenvalue weighted by Gasteiger charge is -2.23. The van der Waals surface area contributed by atoms with E-state index >= 15 is 0 Å². The Hall–Kier alpha value is -4.11. The van der Waals surface area contributed by atoms with Crippen molar-refractivity contribution >= 4 is 27.3 Å². The number of sulfonamides is 1. The van der Waals surface area contributed by atoms with E-state index < -0.39 is 28.0 Å². The molecule has 35 heavy (non-hydrogen) atoms. The van der Waals surface area contributed by atoms with Crippen LogP contribution in [0.5, 0.6) is 0 Å². The Bertz CT molecular complexity index is 1520. The molecular weight excluding hydrogens is 464 g/mol. The van der Waals surface area contributed by atoms with Gasteiger partial charge in [0.2, 0.25) is 5.91 Å². The number of aryl methyl sites for hydroxylation is 1. The van der Waals surface area contributed by atoms with Gasteiger partial charge in [0.25, 0.3) is 15.6 Å². The van der Waals surface area contributed by atoms with Crippen LogP contribution in [0.15, 0.2) is 94.6 Å². The molecule has 0 aliphatic carbocycles. The number of amides is 1. The number of carbonyl (C=O) groups excluding carboxylic acids is 1. The number of rotatable bonds is 7. The Balaban J connectivity index is 1.83. The number of aromatic nitrogens is 2. The summed E-state index contributed by atoms with van der Waals surface area (Å²) in [4.78, 5) is 26.6. The quantitative estimate of drug-likeness (QED) is 0.428. The molecule has 0 radical (unpaired) electrons. The fraction of sp³-hybridized carbons (Fsp3) is 0.154. The highest BCUT2D eigenvalue weighted by molar-refractivity contribution is 7.92. The van der Waals surface area contributed by atoms with E-state index in [0.29, 0.717) is 17.1 Å². The highest BCUT2D eigenvalue weighted by Gasteiger charge is 2.33. The fourth-order valence-electron chi connectivity index (χ4n) is 3.90. The first kappa shape index (κ1) is 24.0. The summed E-state index contributed by atoms with van der Waals surface area (Å²) in [6.45, 7) is 2.98. The van der Waals surface area contributed by atoms with Crippen molar-refractivity contribution in [1.29, 1.82) is 0 Å². The molecule has 1 heterocycles. The van der Waals surface area contributed by atoms with Crippen LogP contribution in [0.3, 0.4) is 0 Å². The van der Waals surface area contributed by atoms with Gasteiger partial charge in [-0.05, 0) is 55.8 Å². The first-order valence-corrected chi connectivity index (χ1v) is 12.4. The minimum atomic E-state index is -4.23. The first-order chi connectivity index (χ1) is 16.7. The average molecular weight is 491 g/mol. The molecule has 180 valence electrons. The highest BCUT2D eigenvalue weighted by atomic mass is 32.2. The molecule has 8 nitrogen and oxygen atoms in total. The van der Waals surface area contributed by atoms with Crippen molar-refractivity contribution in [3.8, 4) is 5.69 Å². The molecule has 4 aromatic rings. The number of nitrogens with one attached hydrogen (secondary N) is 1. The first-order valence-electron chi connectivity index (χ1n) is 11.0. The zero-order valence-corrected chi connectivity index (χ0v) is 20.5. The van der Waals surface area contributed by atoms with Crippen molar-refractivity contribution in [3.05, 3.63) is 107 Å². The lowest BCUT2D eigenvalue weighted by Crippen LogP contribution is -2.41. The van der Waals surface area contributed by atoms with Crippen LogP contribution in [0.4, 0.5) is 11.4 Å². The third-order valence-corrected chi connectivity index (χ3v) is 7.45. The van der Waals surface area contributed by atoms with E-state index in [0.717, 1.165) is 9.87 Å². The van der Waals surface area contributed by atoms with Crippen molar-refractivity contribution in [2.75, 3.05) is 16.2 Å². The summed E-state index contributed by atoms with van der Waals surface area (Å²) < 4.78 is 31.3. The van der Waals surface area contributed by atoms with E-state index in [2.05, 4.69) is 5.32 Å². The van der Waals surface area contributed by atoms with Crippen molar-refractivity contribution in [3.63, 3.8) is 0 Å². The fourth-order valence-corrected chi connectivity index (χ4v) is 5.39. The molecule has 0 fully saturated rings. The van der Waals surface area contributed by atoms with Gasteiger partial charge in [-0.25, -0.2) is 17.4 Å². The Morgan fingerprint density at radius 2 is 1.54 bits per heavy atom. The topological polar surface area (TPSA) is 93.4 Å². The minimum Gasteiger partial charge on any atom is -0.325 e. The summed E-state index contributed by atoms with van der Waals surface area (Å²) in [5.41, 5.74) is 1.84. The molecule has 0 spiro atoms. The Morgan fingerprint density at radius 1 is 0.914 bits per heavy atom. The van der Waals surface area contributed by atoms with Gasteiger partial charge in [-0.2, -0.15) is 0 Å². The Morgan fingerprint density at radius 3 is 2.17 bits per heavy atom. The van der Waals surface area contributed by atoms with E-state index in [1.165, 1.54) is 16.8 Å². The van der Waals surface area contributed by atoms with Gasteiger partial charge in [0.1, 0.15) is 12.2 Å². The molecule has 0 saturated carbocycles. The standard InChI is InChI=1S/C26H26N4O4S/c1-19-11-10-12-21(17-19)27-24(31)18-29(35(33,34)23-15-8-5-9-16-23)25-20(2)28(3)30(26(25)32)22-13-6-4-7-14-22/h4-17H,18H2,1-3H3,(H,27,31). The van der Waals surface area contributed by atoms with Crippen molar-refractivity contribution in [2.24, 2.45) is 7.05 Å². The maximum Gasteiger partial charge on any atom is 0.296 e. The smallest absolute Gasteiger partial charge is 0.296 e. The van der Waals surface area contributed by atoms with Crippen LogP contribution in [0, 0.1) is 13.8 Å². The molecule has 0 bridgehead atoms. The predicted octanol–water partition coefficient (Wildman–Crippen LogP) is 3.63. The van der Waals surface area contributed by atoms with Crippen LogP contribution in [0.1, 0.15) is 11.3 Å². The summed E-state index contributed by atoms with van der Waals surface area (Å²) in [7, 11) is -2.56. The highest BCUT2D eigenvalue weighted by Crippen LogP contribution is 2.25. The molecule has 3 aromatic carbocycles. The molecule has 1 amide bonds. The molecule has 0 aliphatic heterocycles. The van der Waals surface area contributed by atoms with Crippen molar-refractivity contribution in [1.82, 2.24) is 9.36 Å². The molecular formula is C26H26N4O4S. The van der Waals surface area contributed by atoms with E-state index in [-0.39, 0.29) is 10.6 Å². The monoisotopic (exact) mass is 490 g/mol. The van der Waals surface area contributed by atoms with Crippen LogP contribution in [0.2, 0.25) is 0 Å². The summed E-state index contributed by atoms with van der Waals surface area (Å²) in [6.07, 6.45) is 0. The van der Waals surface area contributed by atoms with Crippen molar-refractivity contribution in [2.45, 2.75) is 18.7 Å².